The smallest absolute Gasteiger partial charge is 0.407 e. The van der Waals surface area contributed by atoms with E-state index in [1.807, 2.05) is 37.3 Å². The van der Waals surface area contributed by atoms with Gasteiger partial charge in [-0.1, -0.05) is 55.7 Å². The van der Waals surface area contributed by atoms with Gasteiger partial charge in [-0.15, -0.1) is 0 Å². The minimum absolute atomic E-state index is 0.114. The van der Waals surface area contributed by atoms with Gasteiger partial charge in [-0.05, 0) is 56.4 Å². The van der Waals surface area contributed by atoms with Crippen molar-refractivity contribution in [3.05, 3.63) is 66.0 Å². The van der Waals surface area contributed by atoms with Gasteiger partial charge in [0.1, 0.15) is 17.2 Å². The molecule has 1 aliphatic carbocycles. The molecule has 3 fully saturated rings. The van der Waals surface area contributed by atoms with Crippen LogP contribution >= 0.6 is 0 Å². The first-order valence-electron chi connectivity index (χ1n) is 12.9. The molecule has 2 aromatic rings. The predicted octanol–water partition coefficient (Wildman–Crippen LogP) is 5.46. The van der Waals surface area contributed by atoms with Crippen LogP contribution in [0.25, 0.3) is 0 Å². The lowest BCUT2D eigenvalue weighted by Gasteiger charge is -2.52. The van der Waals surface area contributed by atoms with Crippen LogP contribution in [0.15, 0.2) is 59.6 Å². The van der Waals surface area contributed by atoms with Crippen molar-refractivity contribution >= 4 is 23.6 Å². The first kappa shape index (κ1) is 24.3. The predicted molar refractivity (Wildman–Crippen MR) is 137 cm³/mol. The number of aliphatic imine (C=N–C) groups is 1. The number of amidine groups is 1. The molecule has 3 amide bonds. The third-order valence-corrected chi connectivity index (χ3v) is 8.16. The van der Waals surface area contributed by atoms with E-state index in [-0.39, 0.29) is 24.5 Å². The number of hydrogen-bond acceptors (Lipinski definition) is 3. The van der Waals surface area contributed by atoms with E-state index in [2.05, 4.69) is 5.32 Å². The summed E-state index contributed by atoms with van der Waals surface area (Å²) in [5.41, 5.74) is 0.593. The van der Waals surface area contributed by atoms with Crippen molar-refractivity contribution < 1.29 is 19.1 Å². The summed E-state index contributed by atoms with van der Waals surface area (Å²) in [5, 5.41) is 13.0. The number of urea groups is 1. The van der Waals surface area contributed by atoms with Crippen molar-refractivity contribution in [3.8, 4) is 0 Å². The van der Waals surface area contributed by atoms with Crippen molar-refractivity contribution in [2.45, 2.75) is 69.5 Å². The Kier molecular flexibility index (Phi) is 6.69. The van der Waals surface area contributed by atoms with Crippen LogP contribution < -0.4 is 10.2 Å². The molecule has 0 radical (unpaired) electrons. The zero-order chi connectivity index (χ0) is 25.3. The molecule has 2 aromatic carbocycles. The van der Waals surface area contributed by atoms with Crippen LogP contribution in [-0.4, -0.2) is 52.1 Å². The third-order valence-electron chi connectivity index (χ3n) is 8.16. The van der Waals surface area contributed by atoms with Gasteiger partial charge in [0.25, 0.3) is 0 Å². The number of nitrogens with one attached hydrogen (secondary N) is 1. The van der Waals surface area contributed by atoms with Crippen molar-refractivity contribution in [3.63, 3.8) is 0 Å². The first-order chi connectivity index (χ1) is 17.4. The number of likely N-dealkylation sites (tertiary alicyclic amines) is 1. The van der Waals surface area contributed by atoms with Gasteiger partial charge in [0.05, 0.1) is 6.04 Å². The highest BCUT2D eigenvalue weighted by molar-refractivity contribution is 6.19. The van der Waals surface area contributed by atoms with Crippen molar-refractivity contribution in [1.82, 2.24) is 10.2 Å². The second kappa shape index (κ2) is 9.91. The van der Waals surface area contributed by atoms with Crippen LogP contribution in [-0.2, 0) is 6.42 Å². The standard InChI is InChI=1S/C28H33FN4O3/c1-19-24(17-20-9-4-2-5-10-20)28(15-16-32(19)27(35)36)25(30-22-12-6-3-7-13-22)31-26(34)33(28)23-14-8-11-21(29)18-23/h2,4-5,8-11,14,18-19,22,24H,3,6-7,12-13,15-17H2,1H3,(H,35,36)(H,30,31,34)/t19-,24?,28?/m0/s1. The number of rotatable bonds is 4. The second-order valence-electron chi connectivity index (χ2n) is 10.2. The van der Waals surface area contributed by atoms with Crippen LogP contribution in [0.2, 0.25) is 0 Å². The van der Waals surface area contributed by atoms with Gasteiger partial charge in [-0.25, -0.2) is 14.0 Å². The van der Waals surface area contributed by atoms with Gasteiger partial charge < -0.3 is 10.0 Å². The SMILES string of the molecule is C[C@H]1C(Cc2ccccc2)C2(CCN1C(=O)O)C(=NC1CCCCC1)NC(=O)N2c1cccc(F)c1. The minimum Gasteiger partial charge on any atom is -0.465 e. The lowest BCUT2D eigenvalue weighted by atomic mass is 9.69. The average Bonchev–Trinajstić information content (AvgIpc) is 3.13. The highest BCUT2D eigenvalue weighted by Gasteiger charge is 2.60. The molecule has 3 aliphatic rings. The highest BCUT2D eigenvalue weighted by atomic mass is 19.1. The monoisotopic (exact) mass is 492 g/mol. The van der Waals surface area contributed by atoms with Gasteiger partial charge in [0.2, 0.25) is 0 Å². The summed E-state index contributed by atoms with van der Waals surface area (Å²) < 4.78 is 14.4. The van der Waals surface area contributed by atoms with E-state index >= 15 is 0 Å². The number of carboxylic acid groups (broad SMARTS) is 1. The Hall–Kier alpha value is -3.42. The van der Waals surface area contributed by atoms with Crippen molar-refractivity contribution in [2.24, 2.45) is 10.9 Å². The number of carbonyl (C=O) groups is 2. The maximum Gasteiger partial charge on any atom is 0.407 e. The Bertz CT molecular complexity index is 1150. The summed E-state index contributed by atoms with van der Waals surface area (Å²) in [6, 6.07) is 15.4. The molecule has 8 heteroatoms. The number of hydrogen-bond donors (Lipinski definition) is 2. The number of halogens is 1. The van der Waals surface area contributed by atoms with E-state index in [4.69, 9.17) is 4.99 Å². The number of nitrogens with zero attached hydrogens (tertiary/aromatic N) is 3. The summed E-state index contributed by atoms with van der Waals surface area (Å²) in [6.07, 6.45) is 5.29. The lowest BCUT2D eigenvalue weighted by Crippen LogP contribution is -2.67. The molecule has 5 rings (SSSR count). The molecule has 3 atom stereocenters. The fourth-order valence-electron chi connectivity index (χ4n) is 6.40. The van der Waals surface area contributed by atoms with Gasteiger partial charge in [0.15, 0.2) is 0 Å². The number of anilines is 1. The molecule has 2 unspecified atom stereocenters. The highest BCUT2D eigenvalue weighted by Crippen LogP contribution is 2.45. The van der Waals surface area contributed by atoms with Gasteiger partial charge in [-0.2, -0.15) is 0 Å². The molecular formula is C28H33FN4O3. The summed E-state index contributed by atoms with van der Waals surface area (Å²) in [6.45, 7) is 2.17. The van der Waals surface area contributed by atoms with Gasteiger partial charge in [-0.3, -0.25) is 15.2 Å². The molecule has 2 aliphatic heterocycles. The molecule has 7 nitrogen and oxygen atoms in total. The van der Waals surface area contributed by atoms with E-state index in [0.717, 1.165) is 31.2 Å². The Balaban J connectivity index is 1.67. The maximum absolute atomic E-state index is 14.4. The summed E-state index contributed by atoms with van der Waals surface area (Å²) in [5.74, 6) is -0.125. The van der Waals surface area contributed by atoms with Crippen LogP contribution in [0, 0.1) is 11.7 Å². The zero-order valence-electron chi connectivity index (χ0n) is 20.6. The second-order valence-corrected chi connectivity index (χ2v) is 10.2. The van der Waals surface area contributed by atoms with E-state index < -0.39 is 23.5 Å². The molecule has 0 aromatic heterocycles. The topological polar surface area (TPSA) is 85.2 Å². The van der Waals surface area contributed by atoms with Crippen LogP contribution in [0.1, 0.15) is 51.0 Å². The van der Waals surface area contributed by atoms with Crippen LogP contribution in [0.5, 0.6) is 0 Å². The van der Waals surface area contributed by atoms with Crippen molar-refractivity contribution in [1.29, 1.82) is 0 Å². The fourth-order valence-corrected chi connectivity index (χ4v) is 6.40. The van der Waals surface area contributed by atoms with E-state index in [9.17, 15) is 19.1 Å². The summed E-state index contributed by atoms with van der Waals surface area (Å²) in [4.78, 5) is 34.0. The summed E-state index contributed by atoms with van der Waals surface area (Å²) in [7, 11) is 0. The molecular weight excluding hydrogens is 459 g/mol. The number of amides is 3. The summed E-state index contributed by atoms with van der Waals surface area (Å²) >= 11 is 0. The van der Waals surface area contributed by atoms with Crippen LogP contribution in [0.3, 0.4) is 0 Å². The Morgan fingerprint density at radius 3 is 2.58 bits per heavy atom. The average molecular weight is 493 g/mol. The number of carbonyl (C=O) groups excluding carboxylic acids is 1. The Labute approximate surface area is 211 Å². The molecule has 36 heavy (non-hydrogen) atoms. The normalized spacial score (nSPS) is 28.1. The zero-order valence-corrected chi connectivity index (χ0v) is 20.6. The van der Waals surface area contributed by atoms with E-state index in [1.54, 1.807) is 17.0 Å². The molecule has 0 bridgehead atoms. The number of piperidine rings is 1. The number of benzene rings is 2. The van der Waals surface area contributed by atoms with E-state index in [0.29, 0.717) is 24.4 Å². The van der Waals surface area contributed by atoms with Crippen molar-refractivity contribution in [2.75, 3.05) is 11.4 Å². The van der Waals surface area contributed by atoms with Gasteiger partial charge >= 0.3 is 12.1 Å². The molecule has 1 saturated carbocycles. The molecule has 2 N–H and O–H groups in total. The quantitative estimate of drug-likeness (QED) is 0.595. The first-order valence-corrected chi connectivity index (χ1v) is 12.9. The molecule has 190 valence electrons. The van der Waals surface area contributed by atoms with Gasteiger partial charge in [0, 0.05) is 24.2 Å². The minimum atomic E-state index is -0.976. The fraction of sp³-hybridized carbons (Fsp3) is 0.464. The third kappa shape index (κ3) is 4.33. The molecule has 2 saturated heterocycles. The van der Waals surface area contributed by atoms with E-state index in [1.165, 1.54) is 23.5 Å². The molecule has 2 heterocycles. The molecule has 1 spiro atoms. The maximum atomic E-state index is 14.4. The largest absolute Gasteiger partial charge is 0.465 e. The Morgan fingerprint density at radius 2 is 1.89 bits per heavy atom. The Morgan fingerprint density at radius 1 is 1.14 bits per heavy atom. The lowest BCUT2D eigenvalue weighted by molar-refractivity contribution is 0.0634. The van der Waals surface area contributed by atoms with Crippen LogP contribution in [0.4, 0.5) is 19.7 Å².